The smallest absolute Gasteiger partial charge is 0.121 e. The highest BCUT2D eigenvalue weighted by molar-refractivity contribution is 5.60. The number of hydrogen-bond acceptors (Lipinski definition) is 3. The van der Waals surface area contributed by atoms with Crippen molar-refractivity contribution in [3.8, 4) is 11.4 Å². The average Bonchev–Trinajstić information content (AvgIpc) is 2.64. The number of aromatic nitrogens is 2. The van der Waals surface area contributed by atoms with Gasteiger partial charge >= 0.3 is 0 Å². The molecule has 2 N–H and O–H groups in total. The fraction of sp³-hybridized carbons (Fsp3) is 0.182. The summed E-state index contributed by atoms with van der Waals surface area (Å²) in [7, 11) is 1.62. The van der Waals surface area contributed by atoms with E-state index < -0.39 is 0 Å². The molecular formula is C11H13N3O. The van der Waals surface area contributed by atoms with E-state index in [0.717, 1.165) is 17.0 Å². The van der Waals surface area contributed by atoms with Crippen molar-refractivity contribution in [3.63, 3.8) is 0 Å². The molecule has 78 valence electrons. The molecule has 0 amide bonds. The lowest BCUT2D eigenvalue weighted by atomic mass is 10.2. The highest BCUT2D eigenvalue weighted by Gasteiger charge is 2.04. The van der Waals surface area contributed by atoms with Crippen molar-refractivity contribution >= 4 is 5.69 Å². The standard InChI is InChI=1S/C11H13N3O/c1-8-6-13-14(7-8)11-4-3-9(15-2)5-10(11)12/h3-7H,12H2,1-2H3. The molecule has 4 heteroatoms. The van der Waals surface area contributed by atoms with Gasteiger partial charge in [0.25, 0.3) is 0 Å². The van der Waals surface area contributed by atoms with Crippen molar-refractivity contribution in [1.29, 1.82) is 0 Å². The molecule has 15 heavy (non-hydrogen) atoms. The summed E-state index contributed by atoms with van der Waals surface area (Å²) in [6.45, 7) is 1.99. The Morgan fingerprint density at radius 3 is 2.73 bits per heavy atom. The van der Waals surface area contributed by atoms with Crippen molar-refractivity contribution in [2.24, 2.45) is 0 Å². The van der Waals surface area contributed by atoms with Gasteiger partial charge in [0.1, 0.15) is 5.75 Å². The van der Waals surface area contributed by atoms with E-state index in [4.69, 9.17) is 10.5 Å². The van der Waals surface area contributed by atoms with Crippen LogP contribution in [0.4, 0.5) is 5.69 Å². The van der Waals surface area contributed by atoms with Gasteiger partial charge in [-0.25, -0.2) is 4.68 Å². The molecule has 0 fully saturated rings. The number of nitrogen functional groups attached to an aromatic ring is 1. The summed E-state index contributed by atoms with van der Waals surface area (Å²) in [6.07, 6.45) is 3.72. The fourth-order valence-corrected chi connectivity index (χ4v) is 1.41. The zero-order valence-electron chi connectivity index (χ0n) is 8.77. The molecule has 0 saturated carbocycles. The lowest BCUT2D eigenvalue weighted by molar-refractivity contribution is 0.415. The highest BCUT2D eigenvalue weighted by atomic mass is 16.5. The molecule has 2 aromatic rings. The first-order valence-corrected chi connectivity index (χ1v) is 4.66. The first-order chi connectivity index (χ1) is 7.20. The van der Waals surface area contributed by atoms with Crippen LogP contribution in [0, 0.1) is 6.92 Å². The number of nitrogens with zero attached hydrogens (tertiary/aromatic N) is 2. The third-order valence-electron chi connectivity index (χ3n) is 2.19. The summed E-state index contributed by atoms with van der Waals surface area (Å²) >= 11 is 0. The molecule has 1 heterocycles. The largest absolute Gasteiger partial charge is 0.497 e. The van der Waals surface area contributed by atoms with Crippen LogP contribution < -0.4 is 10.5 Å². The predicted molar refractivity (Wildman–Crippen MR) is 59.3 cm³/mol. The van der Waals surface area contributed by atoms with E-state index in [1.807, 2.05) is 25.3 Å². The Balaban J connectivity index is 2.45. The molecule has 0 aliphatic carbocycles. The van der Waals surface area contributed by atoms with Crippen molar-refractivity contribution in [3.05, 3.63) is 36.2 Å². The minimum absolute atomic E-state index is 0.650. The van der Waals surface area contributed by atoms with Gasteiger partial charge in [0.15, 0.2) is 0 Å². The number of nitrogens with two attached hydrogens (primary N) is 1. The number of hydrogen-bond donors (Lipinski definition) is 1. The van der Waals surface area contributed by atoms with Crippen molar-refractivity contribution in [2.45, 2.75) is 6.92 Å². The van der Waals surface area contributed by atoms with Gasteiger partial charge in [-0.3, -0.25) is 0 Å². The van der Waals surface area contributed by atoms with E-state index in [9.17, 15) is 0 Å². The maximum atomic E-state index is 5.90. The predicted octanol–water partition coefficient (Wildman–Crippen LogP) is 1.77. The summed E-state index contributed by atoms with van der Waals surface area (Å²) in [5.74, 6) is 0.750. The topological polar surface area (TPSA) is 53.1 Å². The van der Waals surface area contributed by atoms with Gasteiger partial charge in [-0.15, -0.1) is 0 Å². The Kier molecular flexibility index (Phi) is 2.33. The molecule has 0 aliphatic heterocycles. The average molecular weight is 203 g/mol. The summed E-state index contributed by atoms with van der Waals surface area (Å²) in [6, 6.07) is 5.54. The van der Waals surface area contributed by atoms with Crippen LogP contribution in [0.25, 0.3) is 5.69 Å². The van der Waals surface area contributed by atoms with Crippen LogP contribution in [0.1, 0.15) is 5.56 Å². The zero-order valence-corrected chi connectivity index (χ0v) is 8.77. The number of methoxy groups -OCH3 is 1. The Labute approximate surface area is 88.3 Å². The van der Waals surface area contributed by atoms with E-state index in [-0.39, 0.29) is 0 Å². The first-order valence-electron chi connectivity index (χ1n) is 4.66. The second kappa shape index (κ2) is 3.65. The highest BCUT2D eigenvalue weighted by Crippen LogP contribution is 2.22. The van der Waals surface area contributed by atoms with Crippen molar-refractivity contribution < 1.29 is 4.74 Å². The lowest BCUT2D eigenvalue weighted by Gasteiger charge is -2.07. The summed E-state index contributed by atoms with van der Waals surface area (Å²) in [5, 5.41) is 4.20. The van der Waals surface area contributed by atoms with E-state index in [1.54, 1.807) is 24.1 Å². The molecule has 4 nitrogen and oxygen atoms in total. The second-order valence-electron chi connectivity index (χ2n) is 3.39. The zero-order chi connectivity index (χ0) is 10.8. The molecule has 0 bridgehead atoms. The first kappa shape index (κ1) is 9.58. The monoisotopic (exact) mass is 203 g/mol. The van der Waals surface area contributed by atoms with E-state index in [1.165, 1.54) is 0 Å². The Hall–Kier alpha value is -1.97. The van der Waals surface area contributed by atoms with Crippen LogP contribution in [0.2, 0.25) is 0 Å². The molecule has 0 unspecified atom stereocenters. The van der Waals surface area contributed by atoms with Gasteiger partial charge in [0.2, 0.25) is 0 Å². The Bertz CT molecular complexity index is 476. The summed E-state index contributed by atoms with van der Waals surface area (Å²) < 4.78 is 6.84. The summed E-state index contributed by atoms with van der Waals surface area (Å²) in [5.41, 5.74) is 8.51. The molecule has 1 aromatic carbocycles. The maximum Gasteiger partial charge on any atom is 0.121 e. The molecule has 0 atom stereocenters. The van der Waals surface area contributed by atoms with E-state index in [2.05, 4.69) is 5.10 Å². The van der Waals surface area contributed by atoms with Crippen LogP contribution in [0.3, 0.4) is 0 Å². The Morgan fingerprint density at radius 1 is 1.40 bits per heavy atom. The van der Waals surface area contributed by atoms with Crippen molar-refractivity contribution in [2.75, 3.05) is 12.8 Å². The maximum absolute atomic E-state index is 5.90. The summed E-state index contributed by atoms with van der Waals surface area (Å²) in [4.78, 5) is 0. The second-order valence-corrected chi connectivity index (χ2v) is 3.39. The van der Waals surface area contributed by atoms with E-state index >= 15 is 0 Å². The van der Waals surface area contributed by atoms with Gasteiger partial charge < -0.3 is 10.5 Å². The van der Waals surface area contributed by atoms with Gasteiger partial charge in [0, 0.05) is 12.3 Å². The van der Waals surface area contributed by atoms with Crippen molar-refractivity contribution in [1.82, 2.24) is 9.78 Å². The molecule has 2 rings (SSSR count). The van der Waals surface area contributed by atoms with Gasteiger partial charge in [-0.05, 0) is 24.6 Å². The molecule has 0 radical (unpaired) electrons. The number of anilines is 1. The molecule has 0 spiro atoms. The molecule has 1 aromatic heterocycles. The van der Waals surface area contributed by atoms with Crippen LogP contribution in [-0.2, 0) is 0 Å². The van der Waals surface area contributed by atoms with Gasteiger partial charge in [0.05, 0.1) is 24.7 Å². The Morgan fingerprint density at radius 2 is 2.20 bits per heavy atom. The molecule has 0 saturated heterocycles. The SMILES string of the molecule is COc1ccc(-n2cc(C)cn2)c(N)c1. The normalized spacial score (nSPS) is 10.3. The quantitative estimate of drug-likeness (QED) is 0.757. The molecular weight excluding hydrogens is 190 g/mol. The number of benzene rings is 1. The minimum atomic E-state index is 0.650. The van der Waals surface area contributed by atoms with E-state index in [0.29, 0.717) is 5.69 Å². The van der Waals surface area contributed by atoms with Gasteiger partial charge in [-0.1, -0.05) is 0 Å². The van der Waals surface area contributed by atoms with Crippen LogP contribution in [-0.4, -0.2) is 16.9 Å². The van der Waals surface area contributed by atoms with Crippen LogP contribution >= 0.6 is 0 Å². The minimum Gasteiger partial charge on any atom is -0.497 e. The molecule has 0 aliphatic rings. The number of aryl methyl sites for hydroxylation is 1. The van der Waals surface area contributed by atoms with Gasteiger partial charge in [-0.2, -0.15) is 5.10 Å². The number of rotatable bonds is 2. The van der Waals surface area contributed by atoms with Crippen LogP contribution in [0.15, 0.2) is 30.6 Å². The third kappa shape index (κ3) is 1.79. The fourth-order valence-electron chi connectivity index (χ4n) is 1.41. The lowest BCUT2D eigenvalue weighted by Crippen LogP contribution is -2.00. The third-order valence-corrected chi connectivity index (χ3v) is 2.19. The van der Waals surface area contributed by atoms with Crippen LogP contribution in [0.5, 0.6) is 5.75 Å². The number of ether oxygens (including phenoxy) is 1.